The number of nitrogens with one attached hydrogen (secondary N) is 1. The van der Waals surface area contributed by atoms with Crippen LogP contribution in [0.4, 0.5) is 11.5 Å². The van der Waals surface area contributed by atoms with Crippen LogP contribution >= 0.6 is 0 Å². The Morgan fingerprint density at radius 3 is 2.82 bits per heavy atom. The first-order valence-corrected chi connectivity index (χ1v) is 11.2. The molecule has 5 rings (SSSR count). The number of fused-ring (bicyclic) bond motifs is 1. The van der Waals surface area contributed by atoms with Crippen LogP contribution in [0.15, 0.2) is 65.3 Å². The lowest BCUT2D eigenvalue weighted by Gasteiger charge is -2.25. The van der Waals surface area contributed by atoms with Gasteiger partial charge in [0.05, 0.1) is 25.2 Å². The second kappa shape index (κ2) is 9.15. The lowest BCUT2D eigenvalue weighted by atomic mass is 10.1. The van der Waals surface area contributed by atoms with Crippen molar-refractivity contribution >= 4 is 28.4 Å². The number of nitrogens with zero attached hydrogens (tertiary/aromatic N) is 4. The van der Waals surface area contributed by atoms with Gasteiger partial charge in [-0.15, -0.1) is 0 Å². The van der Waals surface area contributed by atoms with Crippen molar-refractivity contribution in [3.05, 3.63) is 66.5 Å². The van der Waals surface area contributed by atoms with E-state index in [1.807, 2.05) is 48.3 Å². The number of amides is 1. The number of carbonyl (C=O) groups is 1. The minimum atomic E-state index is -0.0168. The fourth-order valence-electron chi connectivity index (χ4n) is 4.32. The molecule has 1 N–H and O–H groups in total. The average Bonchev–Trinajstić information content (AvgIpc) is 3.50. The Bertz CT molecular complexity index is 1300. The van der Waals surface area contributed by atoms with E-state index in [4.69, 9.17) is 9.15 Å². The standard InChI is InChI=1S/C26H27N5O3/c1-30-11-10-19(16-30)31(2)26(32)18-8-9-20(23(13-18)33-3)28-25-15-27-14-21(29-25)24-12-17-6-4-5-7-22(17)34-24/h4-9,12-15,19H,10-11,16H2,1-3H3,(H,28,29). The number of furan rings is 1. The number of likely N-dealkylation sites (N-methyl/N-ethyl adjacent to an activating group) is 2. The van der Waals surface area contributed by atoms with Gasteiger partial charge in [0.15, 0.2) is 5.76 Å². The Labute approximate surface area is 198 Å². The molecule has 1 fully saturated rings. The molecule has 1 saturated heterocycles. The summed E-state index contributed by atoms with van der Waals surface area (Å²) in [5, 5.41) is 4.26. The maximum atomic E-state index is 13.1. The highest BCUT2D eigenvalue weighted by Crippen LogP contribution is 2.31. The van der Waals surface area contributed by atoms with Crippen LogP contribution in [0.1, 0.15) is 16.8 Å². The Morgan fingerprint density at radius 2 is 2.06 bits per heavy atom. The van der Waals surface area contributed by atoms with Crippen LogP contribution in [0.25, 0.3) is 22.4 Å². The third-order valence-corrected chi connectivity index (χ3v) is 6.26. The molecular weight excluding hydrogens is 430 g/mol. The normalized spacial score (nSPS) is 16.0. The maximum absolute atomic E-state index is 13.1. The monoisotopic (exact) mass is 457 g/mol. The van der Waals surface area contributed by atoms with Crippen molar-refractivity contribution in [2.75, 3.05) is 39.6 Å². The lowest BCUT2D eigenvalue weighted by molar-refractivity contribution is 0.0737. The first-order valence-electron chi connectivity index (χ1n) is 11.2. The van der Waals surface area contributed by atoms with E-state index in [9.17, 15) is 4.79 Å². The summed E-state index contributed by atoms with van der Waals surface area (Å²) in [5.74, 6) is 1.72. The first kappa shape index (κ1) is 21.9. The van der Waals surface area contributed by atoms with Gasteiger partial charge in [-0.2, -0.15) is 0 Å². The molecule has 2 aromatic carbocycles. The molecule has 3 heterocycles. The molecule has 4 aromatic rings. The van der Waals surface area contributed by atoms with E-state index < -0.39 is 0 Å². The molecule has 0 bridgehead atoms. The first-order chi connectivity index (χ1) is 16.5. The molecule has 2 aromatic heterocycles. The Balaban J connectivity index is 1.36. The SMILES string of the molecule is COc1cc(C(=O)N(C)C2CCN(C)C2)ccc1Nc1cncc(-c2cc3ccccc3o2)n1. The molecule has 1 aliphatic rings. The van der Waals surface area contributed by atoms with E-state index in [-0.39, 0.29) is 11.9 Å². The number of aromatic nitrogens is 2. The molecule has 8 nitrogen and oxygen atoms in total. The number of likely N-dealkylation sites (tertiary alicyclic amines) is 1. The van der Waals surface area contributed by atoms with Gasteiger partial charge in [0.2, 0.25) is 0 Å². The highest BCUT2D eigenvalue weighted by molar-refractivity contribution is 5.95. The Hall–Kier alpha value is -3.91. The second-order valence-electron chi connectivity index (χ2n) is 8.60. The van der Waals surface area contributed by atoms with Crippen molar-refractivity contribution in [3.63, 3.8) is 0 Å². The molecule has 1 amide bonds. The molecule has 34 heavy (non-hydrogen) atoms. The topological polar surface area (TPSA) is 83.7 Å². The van der Waals surface area contributed by atoms with E-state index in [0.29, 0.717) is 34.3 Å². The van der Waals surface area contributed by atoms with Crippen LogP contribution in [0.2, 0.25) is 0 Å². The van der Waals surface area contributed by atoms with Gasteiger partial charge in [0, 0.05) is 30.6 Å². The van der Waals surface area contributed by atoms with Gasteiger partial charge in [-0.1, -0.05) is 18.2 Å². The van der Waals surface area contributed by atoms with Gasteiger partial charge in [0.1, 0.15) is 22.8 Å². The predicted octanol–water partition coefficient (Wildman–Crippen LogP) is 4.42. The van der Waals surface area contributed by atoms with E-state index in [1.165, 1.54) is 0 Å². The second-order valence-corrected chi connectivity index (χ2v) is 8.60. The highest BCUT2D eigenvalue weighted by atomic mass is 16.5. The van der Waals surface area contributed by atoms with Crippen molar-refractivity contribution in [2.24, 2.45) is 0 Å². The third-order valence-electron chi connectivity index (χ3n) is 6.26. The number of benzene rings is 2. The molecule has 1 aliphatic heterocycles. The molecule has 174 valence electrons. The Morgan fingerprint density at radius 1 is 1.21 bits per heavy atom. The fourth-order valence-corrected chi connectivity index (χ4v) is 4.32. The predicted molar refractivity (Wildman–Crippen MR) is 132 cm³/mol. The summed E-state index contributed by atoms with van der Waals surface area (Å²) in [5.41, 5.74) is 2.70. The summed E-state index contributed by atoms with van der Waals surface area (Å²) in [6, 6.07) is 15.4. The zero-order valence-electron chi connectivity index (χ0n) is 19.5. The van der Waals surface area contributed by atoms with E-state index >= 15 is 0 Å². The third kappa shape index (κ3) is 4.32. The molecule has 1 atom stereocenters. The van der Waals surface area contributed by atoms with Gasteiger partial charge < -0.3 is 24.3 Å². The van der Waals surface area contributed by atoms with Gasteiger partial charge in [-0.25, -0.2) is 4.98 Å². The van der Waals surface area contributed by atoms with Crippen LogP contribution in [-0.2, 0) is 0 Å². The van der Waals surface area contributed by atoms with Crippen molar-refractivity contribution in [2.45, 2.75) is 12.5 Å². The summed E-state index contributed by atoms with van der Waals surface area (Å²) in [7, 11) is 5.53. The van der Waals surface area contributed by atoms with E-state index in [0.717, 1.165) is 30.5 Å². The van der Waals surface area contributed by atoms with E-state index in [1.54, 1.807) is 31.6 Å². The van der Waals surface area contributed by atoms with Crippen LogP contribution in [0.5, 0.6) is 5.75 Å². The molecule has 0 saturated carbocycles. The van der Waals surface area contributed by atoms with Gasteiger partial charge in [-0.05, 0) is 50.3 Å². The van der Waals surface area contributed by atoms with E-state index in [2.05, 4.69) is 27.2 Å². The largest absolute Gasteiger partial charge is 0.495 e. The van der Waals surface area contributed by atoms with Crippen LogP contribution in [-0.4, -0.2) is 66.0 Å². The maximum Gasteiger partial charge on any atom is 0.254 e. The van der Waals surface area contributed by atoms with Gasteiger partial charge in [0.25, 0.3) is 5.91 Å². The summed E-state index contributed by atoms with van der Waals surface area (Å²) in [4.78, 5) is 26.1. The van der Waals surface area contributed by atoms with Crippen molar-refractivity contribution in [3.8, 4) is 17.2 Å². The molecule has 0 radical (unpaired) electrons. The number of rotatable bonds is 6. The molecular formula is C26H27N5O3. The molecule has 1 unspecified atom stereocenters. The summed E-state index contributed by atoms with van der Waals surface area (Å²) < 4.78 is 11.5. The summed E-state index contributed by atoms with van der Waals surface area (Å²) in [6.07, 6.45) is 4.28. The van der Waals surface area contributed by atoms with Crippen molar-refractivity contribution < 1.29 is 13.9 Å². The van der Waals surface area contributed by atoms with Crippen molar-refractivity contribution in [1.82, 2.24) is 19.8 Å². The highest BCUT2D eigenvalue weighted by Gasteiger charge is 2.27. The molecule has 8 heteroatoms. The smallest absolute Gasteiger partial charge is 0.254 e. The number of anilines is 2. The number of methoxy groups -OCH3 is 1. The zero-order valence-corrected chi connectivity index (χ0v) is 19.5. The number of ether oxygens (including phenoxy) is 1. The number of para-hydroxylation sites is 1. The Kier molecular flexibility index (Phi) is 5.90. The lowest BCUT2D eigenvalue weighted by Crippen LogP contribution is -2.38. The fraction of sp³-hybridized carbons (Fsp3) is 0.269. The number of hydrogen-bond acceptors (Lipinski definition) is 7. The number of hydrogen-bond donors (Lipinski definition) is 1. The molecule has 0 aliphatic carbocycles. The minimum Gasteiger partial charge on any atom is -0.495 e. The van der Waals surface area contributed by atoms with Crippen LogP contribution in [0, 0.1) is 0 Å². The van der Waals surface area contributed by atoms with Crippen LogP contribution < -0.4 is 10.1 Å². The number of carbonyl (C=O) groups excluding carboxylic acids is 1. The summed E-state index contributed by atoms with van der Waals surface area (Å²) in [6.45, 7) is 1.89. The minimum absolute atomic E-state index is 0.0168. The van der Waals surface area contributed by atoms with Gasteiger partial charge in [-0.3, -0.25) is 9.78 Å². The van der Waals surface area contributed by atoms with Crippen molar-refractivity contribution in [1.29, 1.82) is 0 Å². The average molecular weight is 458 g/mol. The molecule has 0 spiro atoms. The van der Waals surface area contributed by atoms with Gasteiger partial charge >= 0.3 is 0 Å². The quantitative estimate of drug-likeness (QED) is 0.459. The van der Waals surface area contributed by atoms with Crippen LogP contribution in [0.3, 0.4) is 0 Å². The summed E-state index contributed by atoms with van der Waals surface area (Å²) >= 11 is 0. The zero-order chi connectivity index (χ0) is 23.7.